The van der Waals surface area contributed by atoms with Crippen LogP contribution in [0.3, 0.4) is 0 Å². The van der Waals surface area contributed by atoms with E-state index in [0.717, 1.165) is 14.0 Å². The molecule has 0 aromatic carbocycles. The van der Waals surface area contributed by atoms with Gasteiger partial charge in [-0.15, -0.1) is 0 Å². The average Bonchev–Trinajstić information content (AvgIpc) is 2.70. The summed E-state index contributed by atoms with van der Waals surface area (Å²) in [5.41, 5.74) is -2.13. The third-order valence-corrected chi connectivity index (χ3v) is 2.97. The van der Waals surface area contributed by atoms with E-state index in [-0.39, 0.29) is 0 Å². The van der Waals surface area contributed by atoms with Gasteiger partial charge >= 0.3 is 12.1 Å². The van der Waals surface area contributed by atoms with Crippen molar-refractivity contribution in [2.24, 2.45) is 17.3 Å². The van der Waals surface area contributed by atoms with Crippen molar-refractivity contribution in [3.63, 3.8) is 0 Å². The van der Waals surface area contributed by atoms with Gasteiger partial charge in [0.25, 0.3) is 0 Å². The molecule has 0 spiro atoms. The number of halogens is 3. The van der Waals surface area contributed by atoms with Gasteiger partial charge in [0, 0.05) is 12.5 Å². The third kappa shape index (κ3) is 1.28. The van der Waals surface area contributed by atoms with Gasteiger partial charge in [0.1, 0.15) is 0 Å². The highest BCUT2D eigenvalue weighted by molar-refractivity contribution is 5.78. The third-order valence-electron chi connectivity index (χ3n) is 2.97. The van der Waals surface area contributed by atoms with Gasteiger partial charge in [-0.25, -0.2) is 0 Å². The van der Waals surface area contributed by atoms with Crippen molar-refractivity contribution in [1.82, 2.24) is 0 Å². The van der Waals surface area contributed by atoms with Crippen LogP contribution in [-0.4, -0.2) is 31.0 Å². The number of carbonyl (C=O) groups is 1. The highest BCUT2D eigenvalue weighted by atomic mass is 19.4. The van der Waals surface area contributed by atoms with Crippen LogP contribution in [-0.2, 0) is 9.53 Å². The van der Waals surface area contributed by atoms with Gasteiger partial charge in [0.15, 0.2) is 0 Å². The van der Waals surface area contributed by atoms with Crippen molar-refractivity contribution in [2.45, 2.75) is 13.1 Å². The number of aliphatic hydroxyl groups is 1. The fraction of sp³-hybridized carbons (Fsp3) is 0.875. The topological polar surface area (TPSA) is 46.5 Å². The molecule has 1 aliphatic rings. The smallest absolute Gasteiger partial charge is 0.395 e. The lowest BCUT2D eigenvalue weighted by Crippen LogP contribution is -2.27. The molecule has 0 radical (unpaired) electrons. The van der Waals surface area contributed by atoms with Crippen molar-refractivity contribution < 1.29 is 27.8 Å². The number of aliphatic hydroxyl groups excluding tert-OH is 1. The molecule has 0 aromatic heterocycles. The summed E-state index contributed by atoms with van der Waals surface area (Å²) >= 11 is 0. The minimum Gasteiger partial charge on any atom is -0.469 e. The Morgan fingerprint density at radius 1 is 1.57 bits per heavy atom. The molecule has 0 saturated heterocycles. The van der Waals surface area contributed by atoms with Crippen molar-refractivity contribution in [1.29, 1.82) is 0 Å². The molecule has 6 heteroatoms. The second kappa shape index (κ2) is 3.12. The predicted molar refractivity (Wildman–Crippen MR) is 40.2 cm³/mol. The second-order valence-corrected chi connectivity index (χ2v) is 3.57. The second-order valence-electron chi connectivity index (χ2n) is 3.57. The van der Waals surface area contributed by atoms with Crippen LogP contribution in [0.25, 0.3) is 0 Å². The first-order valence-electron chi connectivity index (χ1n) is 4.06. The van der Waals surface area contributed by atoms with Gasteiger partial charge in [-0.3, -0.25) is 4.79 Å². The van der Waals surface area contributed by atoms with Crippen LogP contribution in [0.4, 0.5) is 13.2 Å². The zero-order chi connectivity index (χ0) is 11.1. The molecular weight excluding hydrogens is 201 g/mol. The van der Waals surface area contributed by atoms with Gasteiger partial charge in [-0.2, -0.15) is 13.2 Å². The summed E-state index contributed by atoms with van der Waals surface area (Å²) in [5, 5.41) is 8.71. The van der Waals surface area contributed by atoms with E-state index >= 15 is 0 Å². The molecule has 0 amide bonds. The van der Waals surface area contributed by atoms with Crippen LogP contribution >= 0.6 is 0 Å². The Labute approximate surface area is 78.9 Å². The molecule has 0 aromatic rings. The van der Waals surface area contributed by atoms with E-state index < -0.39 is 36.0 Å². The quantitative estimate of drug-likeness (QED) is 0.693. The van der Waals surface area contributed by atoms with Crippen LogP contribution in [0.1, 0.15) is 6.92 Å². The predicted octanol–water partition coefficient (Wildman–Crippen LogP) is 0.966. The number of hydrogen-bond donors (Lipinski definition) is 1. The van der Waals surface area contributed by atoms with E-state index in [9.17, 15) is 18.0 Å². The largest absolute Gasteiger partial charge is 0.469 e. The zero-order valence-electron chi connectivity index (χ0n) is 7.76. The van der Waals surface area contributed by atoms with Gasteiger partial charge in [-0.05, 0) is 6.92 Å². The highest BCUT2D eigenvalue weighted by Gasteiger charge is 2.77. The fourth-order valence-electron chi connectivity index (χ4n) is 1.82. The molecule has 1 rings (SSSR count). The molecule has 1 fully saturated rings. The maximum atomic E-state index is 12.5. The van der Waals surface area contributed by atoms with Crippen molar-refractivity contribution in [3.8, 4) is 0 Å². The molecule has 3 atom stereocenters. The Kier molecular flexibility index (Phi) is 2.51. The molecule has 1 aliphatic carbocycles. The van der Waals surface area contributed by atoms with Crippen LogP contribution in [0.2, 0.25) is 0 Å². The Morgan fingerprint density at radius 2 is 2.07 bits per heavy atom. The first-order valence-corrected chi connectivity index (χ1v) is 4.06. The van der Waals surface area contributed by atoms with Crippen molar-refractivity contribution in [2.75, 3.05) is 13.7 Å². The Bertz CT molecular complexity index is 251. The van der Waals surface area contributed by atoms with Crippen LogP contribution in [0.15, 0.2) is 0 Å². The van der Waals surface area contributed by atoms with E-state index in [1.807, 2.05) is 0 Å². The van der Waals surface area contributed by atoms with E-state index in [1.165, 1.54) is 0 Å². The van der Waals surface area contributed by atoms with Gasteiger partial charge in [-0.1, -0.05) is 0 Å². The normalized spacial score (nSPS) is 36.7. The lowest BCUT2D eigenvalue weighted by Gasteiger charge is -2.15. The molecule has 14 heavy (non-hydrogen) atoms. The first kappa shape index (κ1) is 11.3. The minimum atomic E-state index is -4.49. The molecule has 0 heterocycles. The lowest BCUT2D eigenvalue weighted by atomic mass is 10.1. The monoisotopic (exact) mass is 212 g/mol. The molecule has 1 N–H and O–H groups in total. The Hall–Kier alpha value is -0.780. The maximum absolute atomic E-state index is 12.5. The van der Waals surface area contributed by atoms with Crippen LogP contribution in [0, 0.1) is 17.3 Å². The summed E-state index contributed by atoms with van der Waals surface area (Å²) in [5.74, 6) is -3.25. The van der Waals surface area contributed by atoms with Gasteiger partial charge < -0.3 is 9.84 Å². The molecule has 82 valence electrons. The van der Waals surface area contributed by atoms with Gasteiger partial charge in [0.2, 0.25) is 0 Å². The van der Waals surface area contributed by atoms with Crippen LogP contribution < -0.4 is 0 Å². The number of carbonyl (C=O) groups excluding carboxylic acids is 1. The molecule has 3 nitrogen and oxygen atoms in total. The SMILES string of the molecule is COC(=O)C1C(CO)C1(C)C(F)(F)F. The zero-order valence-corrected chi connectivity index (χ0v) is 7.76. The standard InChI is InChI=1S/C8H11F3O3/c1-7(8(9,10)11)4(3-12)5(7)6(13)14-2/h4-5,12H,3H2,1-2H3. The van der Waals surface area contributed by atoms with Crippen molar-refractivity contribution >= 4 is 5.97 Å². The van der Waals surface area contributed by atoms with Crippen LogP contribution in [0.5, 0.6) is 0 Å². The lowest BCUT2D eigenvalue weighted by molar-refractivity contribution is -0.194. The number of esters is 1. The minimum absolute atomic E-state index is 0.657. The maximum Gasteiger partial charge on any atom is 0.395 e. The number of ether oxygens (including phenoxy) is 1. The summed E-state index contributed by atoms with van der Waals surface area (Å²) in [4.78, 5) is 11.0. The Balaban J connectivity index is 2.87. The molecule has 0 bridgehead atoms. The molecular formula is C8H11F3O3. The number of hydrogen-bond acceptors (Lipinski definition) is 3. The summed E-state index contributed by atoms with van der Waals surface area (Å²) in [6, 6.07) is 0. The summed E-state index contributed by atoms with van der Waals surface area (Å²) in [6.45, 7) is 0.269. The fourth-order valence-corrected chi connectivity index (χ4v) is 1.82. The molecule has 3 unspecified atom stereocenters. The van der Waals surface area contributed by atoms with E-state index in [2.05, 4.69) is 4.74 Å². The van der Waals surface area contributed by atoms with Crippen molar-refractivity contribution in [3.05, 3.63) is 0 Å². The van der Waals surface area contributed by atoms with Gasteiger partial charge in [0.05, 0.1) is 18.4 Å². The number of rotatable bonds is 2. The average molecular weight is 212 g/mol. The Morgan fingerprint density at radius 3 is 2.29 bits per heavy atom. The first-order chi connectivity index (χ1) is 6.30. The molecule has 0 aliphatic heterocycles. The summed E-state index contributed by atoms with van der Waals surface area (Å²) in [6.07, 6.45) is -4.49. The summed E-state index contributed by atoms with van der Waals surface area (Å²) < 4.78 is 41.7. The highest BCUT2D eigenvalue weighted by Crippen LogP contribution is 2.66. The van der Waals surface area contributed by atoms with E-state index in [4.69, 9.17) is 5.11 Å². The number of alkyl halides is 3. The number of methoxy groups -OCH3 is 1. The summed E-state index contributed by atoms with van der Waals surface area (Å²) in [7, 11) is 1.03. The van der Waals surface area contributed by atoms with E-state index in [0.29, 0.717) is 0 Å². The van der Waals surface area contributed by atoms with E-state index in [1.54, 1.807) is 0 Å². The molecule has 1 saturated carbocycles.